The van der Waals surface area contributed by atoms with Crippen LogP contribution in [0, 0.1) is 6.92 Å². The summed E-state index contributed by atoms with van der Waals surface area (Å²) in [6.07, 6.45) is 2.41. The molecule has 1 aliphatic rings. The van der Waals surface area contributed by atoms with Gasteiger partial charge >= 0.3 is 6.01 Å². The van der Waals surface area contributed by atoms with Crippen molar-refractivity contribution in [2.45, 2.75) is 32.7 Å². The molecule has 0 saturated carbocycles. The Morgan fingerprint density at radius 1 is 1.60 bits per heavy atom. The van der Waals surface area contributed by atoms with Crippen LogP contribution in [0.15, 0.2) is 4.52 Å². The topological polar surface area (TPSA) is 54.2 Å². The van der Waals surface area contributed by atoms with Gasteiger partial charge in [0.1, 0.15) is 0 Å². The molecule has 0 aromatic carbocycles. The van der Waals surface area contributed by atoms with Gasteiger partial charge in [0.25, 0.3) is 0 Å². The SMILES string of the molecule is CCN(c1nc(C)no1)C1CCCNC1. The number of nitrogens with one attached hydrogen (secondary N) is 1. The smallest absolute Gasteiger partial charge is 0.320 e. The van der Waals surface area contributed by atoms with Crippen molar-refractivity contribution in [1.82, 2.24) is 15.5 Å². The van der Waals surface area contributed by atoms with E-state index in [1.54, 1.807) is 0 Å². The second-order valence-corrected chi connectivity index (χ2v) is 3.91. The van der Waals surface area contributed by atoms with E-state index in [4.69, 9.17) is 4.52 Å². The number of hydrogen-bond acceptors (Lipinski definition) is 5. The molecule has 1 atom stereocenters. The van der Waals surface area contributed by atoms with Crippen LogP contribution in [0.25, 0.3) is 0 Å². The summed E-state index contributed by atoms with van der Waals surface area (Å²) in [6.45, 7) is 7.01. The van der Waals surface area contributed by atoms with E-state index in [2.05, 4.69) is 27.3 Å². The molecule has 1 aromatic rings. The summed E-state index contributed by atoms with van der Waals surface area (Å²) in [6, 6.07) is 1.15. The van der Waals surface area contributed by atoms with Crippen molar-refractivity contribution in [3.8, 4) is 0 Å². The van der Waals surface area contributed by atoms with Gasteiger partial charge in [0.15, 0.2) is 5.82 Å². The largest absolute Gasteiger partial charge is 0.324 e. The molecule has 0 amide bonds. The third kappa shape index (κ3) is 2.28. The van der Waals surface area contributed by atoms with Crippen LogP contribution in [0.2, 0.25) is 0 Å². The maximum atomic E-state index is 5.21. The van der Waals surface area contributed by atoms with E-state index < -0.39 is 0 Å². The zero-order valence-corrected chi connectivity index (χ0v) is 9.36. The Hall–Kier alpha value is -1.10. The summed E-state index contributed by atoms with van der Waals surface area (Å²) in [5.41, 5.74) is 0. The average Bonchev–Trinajstić information content (AvgIpc) is 2.68. The molecule has 2 rings (SSSR count). The molecule has 5 nitrogen and oxygen atoms in total. The highest BCUT2D eigenvalue weighted by atomic mass is 16.5. The van der Waals surface area contributed by atoms with Crippen LogP contribution in [-0.4, -0.2) is 35.8 Å². The first-order chi connectivity index (χ1) is 7.31. The lowest BCUT2D eigenvalue weighted by molar-refractivity contribution is 0.371. The van der Waals surface area contributed by atoms with E-state index in [9.17, 15) is 0 Å². The zero-order valence-electron chi connectivity index (χ0n) is 9.36. The van der Waals surface area contributed by atoms with Gasteiger partial charge in [-0.1, -0.05) is 5.16 Å². The van der Waals surface area contributed by atoms with E-state index in [1.165, 1.54) is 12.8 Å². The Bertz CT molecular complexity index is 306. The lowest BCUT2D eigenvalue weighted by Gasteiger charge is -2.32. The Labute approximate surface area is 89.8 Å². The minimum Gasteiger partial charge on any atom is -0.320 e. The molecule has 1 fully saturated rings. The third-order valence-electron chi connectivity index (χ3n) is 2.81. The number of anilines is 1. The van der Waals surface area contributed by atoms with Gasteiger partial charge in [0.2, 0.25) is 0 Å². The van der Waals surface area contributed by atoms with E-state index in [1.807, 2.05) is 6.92 Å². The van der Waals surface area contributed by atoms with Crippen molar-refractivity contribution in [1.29, 1.82) is 0 Å². The van der Waals surface area contributed by atoms with Crippen LogP contribution in [0.3, 0.4) is 0 Å². The van der Waals surface area contributed by atoms with Gasteiger partial charge in [-0.15, -0.1) is 0 Å². The first-order valence-electron chi connectivity index (χ1n) is 5.59. The molecule has 1 unspecified atom stereocenters. The van der Waals surface area contributed by atoms with Crippen LogP contribution >= 0.6 is 0 Å². The quantitative estimate of drug-likeness (QED) is 0.805. The van der Waals surface area contributed by atoms with E-state index in [-0.39, 0.29) is 0 Å². The molecule has 1 saturated heterocycles. The average molecular weight is 210 g/mol. The number of likely N-dealkylation sites (N-methyl/N-ethyl adjacent to an activating group) is 1. The molecular weight excluding hydrogens is 192 g/mol. The van der Waals surface area contributed by atoms with Gasteiger partial charge in [0.05, 0.1) is 0 Å². The standard InChI is InChI=1S/C10H18N4O/c1-3-14(9-5-4-6-11-7-9)10-12-8(2)13-15-10/h9,11H,3-7H2,1-2H3. The second kappa shape index (κ2) is 4.61. The highest BCUT2D eigenvalue weighted by Crippen LogP contribution is 2.18. The molecular formula is C10H18N4O. The summed E-state index contributed by atoms with van der Waals surface area (Å²) in [7, 11) is 0. The summed E-state index contributed by atoms with van der Waals surface area (Å²) < 4.78 is 5.21. The van der Waals surface area contributed by atoms with Crippen molar-refractivity contribution in [2.75, 3.05) is 24.5 Å². The number of rotatable bonds is 3. The van der Waals surface area contributed by atoms with Crippen LogP contribution < -0.4 is 10.2 Å². The normalized spacial score (nSPS) is 21.6. The van der Waals surface area contributed by atoms with Crippen molar-refractivity contribution in [3.05, 3.63) is 5.82 Å². The van der Waals surface area contributed by atoms with Gasteiger partial charge in [0, 0.05) is 19.1 Å². The molecule has 0 radical (unpaired) electrons. The van der Waals surface area contributed by atoms with Crippen molar-refractivity contribution in [2.24, 2.45) is 0 Å². The van der Waals surface area contributed by atoms with Gasteiger partial charge in [-0.05, 0) is 33.2 Å². The molecule has 0 bridgehead atoms. The van der Waals surface area contributed by atoms with E-state index in [0.29, 0.717) is 17.9 Å². The number of aryl methyl sites for hydroxylation is 1. The van der Waals surface area contributed by atoms with Gasteiger partial charge < -0.3 is 14.7 Å². The summed E-state index contributed by atoms with van der Waals surface area (Å²) in [5, 5.41) is 7.23. The van der Waals surface area contributed by atoms with Gasteiger partial charge in [-0.25, -0.2) is 0 Å². The molecule has 1 aromatic heterocycles. The molecule has 84 valence electrons. The first-order valence-corrected chi connectivity index (χ1v) is 5.59. The van der Waals surface area contributed by atoms with E-state index >= 15 is 0 Å². The predicted molar refractivity (Wildman–Crippen MR) is 57.9 cm³/mol. The number of piperidine rings is 1. The second-order valence-electron chi connectivity index (χ2n) is 3.91. The van der Waals surface area contributed by atoms with Crippen molar-refractivity contribution in [3.63, 3.8) is 0 Å². The Balaban J connectivity index is 2.08. The minimum absolute atomic E-state index is 0.489. The summed E-state index contributed by atoms with van der Waals surface area (Å²) >= 11 is 0. The fourth-order valence-electron chi connectivity index (χ4n) is 2.05. The van der Waals surface area contributed by atoms with Gasteiger partial charge in [-0.2, -0.15) is 4.98 Å². The number of aromatic nitrogens is 2. The Morgan fingerprint density at radius 2 is 2.47 bits per heavy atom. The van der Waals surface area contributed by atoms with E-state index in [0.717, 1.165) is 19.6 Å². The third-order valence-corrected chi connectivity index (χ3v) is 2.81. The molecule has 0 aliphatic carbocycles. The van der Waals surface area contributed by atoms with Crippen molar-refractivity contribution < 1.29 is 4.52 Å². The molecule has 0 spiro atoms. The molecule has 15 heavy (non-hydrogen) atoms. The zero-order chi connectivity index (χ0) is 10.7. The molecule has 5 heteroatoms. The van der Waals surface area contributed by atoms with Crippen LogP contribution in [0.4, 0.5) is 6.01 Å². The van der Waals surface area contributed by atoms with Crippen LogP contribution in [0.1, 0.15) is 25.6 Å². The maximum absolute atomic E-state index is 5.21. The number of nitrogens with zero attached hydrogens (tertiary/aromatic N) is 3. The predicted octanol–water partition coefficient (Wildman–Crippen LogP) is 0.956. The Morgan fingerprint density at radius 3 is 3.00 bits per heavy atom. The fraction of sp³-hybridized carbons (Fsp3) is 0.800. The highest BCUT2D eigenvalue weighted by Gasteiger charge is 2.23. The number of hydrogen-bond donors (Lipinski definition) is 1. The highest BCUT2D eigenvalue weighted by molar-refractivity contribution is 5.27. The summed E-state index contributed by atoms with van der Waals surface area (Å²) in [4.78, 5) is 6.46. The molecule has 1 N–H and O–H groups in total. The van der Waals surface area contributed by atoms with Crippen LogP contribution in [0.5, 0.6) is 0 Å². The minimum atomic E-state index is 0.489. The Kier molecular flexibility index (Phi) is 3.20. The first kappa shape index (κ1) is 10.4. The molecule has 1 aliphatic heterocycles. The summed E-state index contributed by atoms with van der Waals surface area (Å²) in [5.74, 6) is 0.701. The maximum Gasteiger partial charge on any atom is 0.324 e. The monoisotopic (exact) mass is 210 g/mol. The van der Waals surface area contributed by atoms with Gasteiger partial charge in [-0.3, -0.25) is 0 Å². The fourth-order valence-corrected chi connectivity index (χ4v) is 2.05. The van der Waals surface area contributed by atoms with Crippen molar-refractivity contribution >= 4 is 6.01 Å². The molecule has 2 heterocycles. The lowest BCUT2D eigenvalue weighted by Crippen LogP contribution is -2.46. The van der Waals surface area contributed by atoms with Crippen LogP contribution in [-0.2, 0) is 0 Å². The lowest BCUT2D eigenvalue weighted by atomic mass is 10.1.